The average Bonchev–Trinajstić information content (AvgIpc) is 3.09. The molecule has 7 heteroatoms. The lowest BCUT2D eigenvalue weighted by Crippen LogP contribution is -2.39. The second-order valence-electron chi connectivity index (χ2n) is 8.43. The molecule has 31 heavy (non-hydrogen) atoms. The van der Waals surface area contributed by atoms with Gasteiger partial charge in [0.15, 0.2) is 0 Å². The molecule has 1 unspecified atom stereocenters. The molecule has 5 atom stereocenters. The molecule has 162 valence electrons. The van der Waals surface area contributed by atoms with Crippen molar-refractivity contribution in [3.8, 4) is 11.1 Å². The van der Waals surface area contributed by atoms with Gasteiger partial charge in [0.1, 0.15) is 5.82 Å². The highest BCUT2D eigenvalue weighted by Crippen LogP contribution is 2.46. The van der Waals surface area contributed by atoms with Gasteiger partial charge in [0.2, 0.25) is 6.41 Å². The molecule has 1 aromatic carbocycles. The van der Waals surface area contributed by atoms with E-state index < -0.39 is 6.09 Å². The number of nitrogens with zero attached hydrogens (tertiary/aromatic N) is 1. The van der Waals surface area contributed by atoms with Gasteiger partial charge in [0.05, 0.1) is 5.69 Å². The zero-order valence-electron chi connectivity index (χ0n) is 17.1. The maximum atomic E-state index is 13.5. The standard InChI is InChI=1S/C24H26FN3O3/c25-18-3-1-2-15(10-18)16-4-5-19(26-13-16)6-9-22-21-8-7-20(28-24(30)31)11-17(21)12-23(22)27-14-29/h1-6,9-10,13-14,17,20-23,28H,7-8,11-12H2,(H,27,29)(H,30,31)/t17-,20?,21-,22+,23+/m1/s1. The topological polar surface area (TPSA) is 91.3 Å². The van der Waals surface area contributed by atoms with Crippen LogP contribution in [0.4, 0.5) is 9.18 Å². The summed E-state index contributed by atoms with van der Waals surface area (Å²) in [4.78, 5) is 26.6. The van der Waals surface area contributed by atoms with Crippen LogP contribution in [0.2, 0.25) is 0 Å². The summed E-state index contributed by atoms with van der Waals surface area (Å²) in [7, 11) is 0. The molecule has 6 nitrogen and oxygen atoms in total. The molecule has 2 aliphatic carbocycles. The van der Waals surface area contributed by atoms with Crippen molar-refractivity contribution in [3.05, 3.63) is 60.2 Å². The average molecular weight is 423 g/mol. The third-order valence-corrected chi connectivity index (χ3v) is 6.60. The Hall–Kier alpha value is -3.22. The molecule has 2 amide bonds. The van der Waals surface area contributed by atoms with Crippen molar-refractivity contribution in [2.24, 2.45) is 17.8 Å². The fourth-order valence-electron chi connectivity index (χ4n) is 5.25. The molecule has 3 N–H and O–H groups in total. The van der Waals surface area contributed by atoms with Crippen molar-refractivity contribution in [2.45, 2.75) is 37.8 Å². The summed E-state index contributed by atoms with van der Waals surface area (Å²) in [5, 5.41) is 14.6. The molecule has 2 fully saturated rings. The van der Waals surface area contributed by atoms with Gasteiger partial charge in [0.25, 0.3) is 0 Å². The number of carbonyl (C=O) groups is 2. The highest BCUT2D eigenvalue weighted by atomic mass is 19.1. The van der Waals surface area contributed by atoms with Gasteiger partial charge in [-0.1, -0.05) is 24.3 Å². The van der Waals surface area contributed by atoms with Crippen LogP contribution in [-0.4, -0.2) is 34.7 Å². The van der Waals surface area contributed by atoms with E-state index in [0.29, 0.717) is 11.8 Å². The lowest BCUT2D eigenvalue weighted by atomic mass is 9.75. The van der Waals surface area contributed by atoms with Gasteiger partial charge in [-0.05, 0) is 67.4 Å². The lowest BCUT2D eigenvalue weighted by Gasteiger charge is -2.33. The maximum absolute atomic E-state index is 13.5. The summed E-state index contributed by atoms with van der Waals surface area (Å²) < 4.78 is 13.5. The number of pyridine rings is 1. The fourth-order valence-corrected chi connectivity index (χ4v) is 5.25. The number of hydrogen-bond donors (Lipinski definition) is 3. The highest BCUT2D eigenvalue weighted by Gasteiger charge is 2.44. The molecule has 4 rings (SSSR count). The normalized spacial score (nSPS) is 27.6. The first-order valence-corrected chi connectivity index (χ1v) is 10.6. The Morgan fingerprint density at radius 3 is 2.74 bits per heavy atom. The summed E-state index contributed by atoms with van der Waals surface area (Å²) in [6, 6.07) is 10.3. The number of benzene rings is 1. The van der Waals surface area contributed by atoms with Gasteiger partial charge in [-0.15, -0.1) is 0 Å². The van der Waals surface area contributed by atoms with Crippen LogP contribution in [0.15, 0.2) is 48.7 Å². The van der Waals surface area contributed by atoms with Crippen LogP contribution in [0.5, 0.6) is 0 Å². The van der Waals surface area contributed by atoms with Gasteiger partial charge < -0.3 is 15.7 Å². The largest absolute Gasteiger partial charge is 0.465 e. The number of carboxylic acid groups (broad SMARTS) is 1. The monoisotopic (exact) mass is 423 g/mol. The van der Waals surface area contributed by atoms with E-state index in [0.717, 1.165) is 48.9 Å². The lowest BCUT2D eigenvalue weighted by molar-refractivity contribution is -0.110. The summed E-state index contributed by atoms with van der Waals surface area (Å²) in [6.07, 6.45) is 9.00. The van der Waals surface area contributed by atoms with E-state index in [4.69, 9.17) is 5.11 Å². The third-order valence-electron chi connectivity index (χ3n) is 6.60. The zero-order chi connectivity index (χ0) is 21.8. The van der Waals surface area contributed by atoms with Gasteiger partial charge in [0, 0.05) is 29.8 Å². The van der Waals surface area contributed by atoms with Crippen LogP contribution in [0.1, 0.15) is 31.4 Å². The molecular formula is C24H26FN3O3. The molecule has 0 bridgehead atoms. The number of halogens is 1. The van der Waals surface area contributed by atoms with Crippen LogP contribution in [0.3, 0.4) is 0 Å². The summed E-state index contributed by atoms with van der Waals surface area (Å²) in [6.45, 7) is 0. The maximum Gasteiger partial charge on any atom is 0.404 e. The molecule has 1 heterocycles. The molecule has 0 radical (unpaired) electrons. The van der Waals surface area contributed by atoms with E-state index in [1.807, 2.05) is 24.3 Å². The van der Waals surface area contributed by atoms with Crippen LogP contribution in [-0.2, 0) is 4.79 Å². The predicted molar refractivity (Wildman–Crippen MR) is 116 cm³/mol. The van der Waals surface area contributed by atoms with E-state index in [-0.39, 0.29) is 23.8 Å². The minimum absolute atomic E-state index is 0.0182. The van der Waals surface area contributed by atoms with E-state index >= 15 is 0 Å². The Kier molecular flexibility index (Phi) is 6.30. The molecule has 0 spiro atoms. The Balaban J connectivity index is 1.46. The summed E-state index contributed by atoms with van der Waals surface area (Å²) in [5.41, 5.74) is 2.43. The van der Waals surface area contributed by atoms with Gasteiger partial charge in [-0.3, -0.25) is 9.78 Å². The first-order valence-electron chi connectivity index (χ1n) is 10.6. The minimum atomic E-state index is -0.978. The number of carbonyl (C=O) groups excluding carboxylic acids is 1. The summed E-state index contributed by atoms with van der Waals surface area (Å²) >= 11 is 0. The molecule has 2 aliphatic rings. The Bertz CT molecular complexity index is 963. The molecular weight excluding hydrogens is 397 g/mol. The quantitative estimate of drug-likeness (QED) is 0.611. The van der Waals surface area contributed by atoms with Crippen molar-refractivity contribution in [1.82, 2.24) is 15.6 Å². The SMILES string of the molecule is O=CN[C@H]1C[C@H]2CC(NC(=O)O)CC[C@H]2[C@@H]1C=Cc1ccc(-c2cccc(F)c2)cn1. The number of rotatable bonds is 6. The first kappa shape index (κ1) is 21.0. The first-order chi connectivity index (χ1) is 15.0. The number of amides is 2. The smallest absolute Gasteiger partial charge is 0.404 e. The van der Waals surface area contributed by atoms with Crippen LogP contribution in [0.25, 0.3) is 17.2 Å². The molecule has 0 aliphatic heterocycles. The van der Waals surface area contributed by atoms with E-state index in [9.17, 15) is 14.0 Å². The van der Waals surface area contributed by atoms with Crippen LogP contribution in [0, 0.1) is 23.6 Å². The number of aromatic nitrogens is 1. The molecule has 1 aromatic heterocycles. The predicted octanol–water partition coefficient (Wildman–Crippen LogP) is 4.09. The third kappa shape index (κ3) is 4.93. The molecule has 2 aromatic rings. The number of hydrogen-bond acceptors (Lipinski definition) is 3. The Morgan fingerprint density at radius 2 is 2.03 bits per heavy atom. The van der Waals surface area contributed by atoms with Crippen molar-refractivity contribution in [3.63, 3.8) is 0 Å². The van der Waals surface area contributed by atoms with Gasteiger partial charge >= 0.3 is 6.09 Å². The van der Waals surface area contributed by atoms with Crippen molar-refractivity contribution < 1.29 is 19.1 Å². The molecule has 0 saturated heterocycles. The summed E-state index contributed by atoms with van der Waals surface area (Å²) in [5.74, 6) is 0.693. The van der Waals surface area contributed by atoms with Gasteiger partial charge in [-0.2, -0.15) is 0 Å². The number of fused-ring (bicyclic) bond motifs is 1. The molecule has 2 saturated carbocycles. The van der Waals surface area contributed by atoms with Crippen LogP contribution >= 0.6 is 0 Å². The Morgan fingerprint density at radius 1 is 1.16 bits per heavy atom. The van der Waals surface area contributed by atoms with E-state index in [1.54, 1.807) is 12.3 Å². The second-order valence-corrected chi connectivity index (χ2v) is 8.43. The highest BCUT2D eigenvalue weighted by molar-refractivity contribution is 5.65. The minimum Gasteiger partial charge on any atom is -0.465 e. The van der Waals surface area contributed by atoms with Gasteiger partial charge in [-0.25, -0.2) is 9.18 Å². The van der Waals surface area contributed by atoms with Crippen molar-refractivity contribution in [2.75, 3.05) is 0 Å². The second kappa shape index (κ2) is 9.29. The van der Waals surface area contributed by atoms with Crippen LogP contribution < -0.4 is 10.6 Å². The van der Waals surface area contributed by atoms with E-state index in [1.165, 1.54) is 12.1 Å². The Labute approximate surface area is 180 Å². The number of nitrogens with one attached hydrogen (secondary N) is 2. The fraction of sp³-hybridized carbons (Fsp3) is 0.375. The van der Waals surface area contributed by atoms with Crippen molar-refractivity contribution in [1.29, 1.82) is 0 Å². The zero-order valence-corrected chi connectivity index (χ0v) is 17.1. The van der Waals surface area contributed by atoms with E-state index in [2.05, 4.69) is 21.7 Å². The van der Waals surface area contributed by atoms with Crippen molar-refractivity contribution >= 4 is 18.6 Å².